The van der Waals surface area contributed by atoms with Crippen LogP contribution in [0, 0.1) is 5.82 Å². The maximum Gasteiger partial charge on any atom is 0.201 e. The van der Waals surface area contributed by atoms with E-state index >= 15 is 0 Å². The molecule has 0 atom stereocenters. The lowest BCUT2D eigenvalue weighted by atomic mass is 9.80. The average molecular weight is 249 g/mol. The fourth-order valence-corrected chi connectivity index (χ4v) is 2.58. The van der Waals surface area contributed by atoms with Crippen molar-refractivity contribution in [1.29, 1.82) is 0 Å². The van der Waals surface area contributed by atoms with E-state index in [9.17, 15) is 4.39 Å². The topological polar surface area (TPSA) is 53.1 Å². The molecule has 0 radical (unpaired) electrons. The number of nitrogens with zero attached hydrogens (tertiary/aromatic N) is 2. The Labute approximate surface area is 105 Å². The number of benzene rings is 1. The maximum atomic E-state index is 13.6. The zero-order valence-electron chi connectivity index (χ0n) is 10.3. The molecule has 0 bridgehead atoms. The summed E-state index contributed by atoms with van der Waals surface area (Å²) >= 11 is 0. The summed E-state index contributed by atoms with van der Waals surface area (Å²) < 4.78 is 21.1. The van der Waals surface area contributed by atoms with E-state index in [0.717, 1.165) is 24.8 Å². The zero-order chi connectivity index (χ0) is 12.8. The molecule has 96 valence electrons. The fourth-order valence-electron chi connectivity index (χ4n) is 2.58. The molecular formula is C13H16FN3O. The second kappa shape index (κ2) is 3.95. The summed E-state index contributed by atoms with van der Waals surface area (Å²) in [6, 6.07) is 4.91. The Morgan fingerprint density at radius 3 is 2.89 bits per heavy atom. The summed E-state index contributed by atoms with van der Waals surface area (Å²) in [6.07, 6.45) is 3.19. The van der Waals surface area contributed by atoms with Crippen LogP contribution in [0.1, 0.15) is 19.3 Å². The molecular weight excluding hydrogens is 233 g/mol. The van der Waals surface area contributed by atoms with Crippen LogP contribution in [0.2, 0.25) is 0 Å². The molecule has 1 aliphatic rings. The number of aromatic nitrogens is 2. The Morgan fingerprint density at radius 1 is 1.50 bits per heavy atom. The van der Waals surface area contributed by atoms with Gasteiger partial charge in [0, 0.05) is 7.11 Å². The van der Waals surface area contributed by atoms with Gasteiger partial charge in [-0.15, -0.1) is 0 Å². The third kappa shape index (κ3) is 1.58. The number of halogens is 1. The van der Waals surface area contributed by atoms with E-state index in [4.69, 9.17) is 10.5 Å². The van der Waals surface area contributed by atoms with Crippen molar-refractivity contribution in [1.82, 2.24) is 9.55 Å². The minimum Gasteiger partial charge on any atom is -0.376 e. The van der Waals surface area contributed by atoms with Gasteiger partial charge in [0.25, 0.3) is 0 Å². The predicted molar refractivity (Wildman–Crippen MR) is 67.7 cm³/mol. The first-order chi connectivity index (χ1) is 8.65. The van der Waals surface area contributed by atoms with Crippen molar-refractivity contribution in [2.24, 2.45) is 0 Å². The summed E-state index contributed by atoms with van der Waals surface area (Å²) in [6.45, 7) is 0.634. The first-order valence-electron chi connectivity index (χ1n) is 6.11. The Kier molecular flexibility index (Phi) is 2.52. The molecule has 5 heteroatoms. The molecule has 1 aliphatic carbocycles. The summed E-state index contributed by atoms with van der Waals surface area (Å²) in [7, 11) is 1.72. The number of anilines is 1. The second-order valence-corrected chi connectivity index (χ2v) is 4.90. The molecule has 0 amide bonds. The highest BCUT2D eigenvalue weighted by Crippen LogP contribution is 2.38. The number of nitrogens with two attached hydrogens (primary N) is 1. The van der Waals surface area contributed by atoms with Gasteiger partial charge in [-0.2, -0.15) is 0 Å². The molecule has 0 aliphatic heterocycles. The van der Waals surface area contributed by atoms with Gasteiger partial charge in [-0.25, -0.2) is 9.37 Å². The molecule has 4 nitrogen and oxygen atoms in total. The van der Waals surface area contributed by atoms with Crippen LogP contribution in [0.25, 0.3) is 11.0 Å². The van der Waals surface area contributed by atoms with Crippen molar-refractivity contribution in [2.75, 3.05) is 12.8 Å². The van der Waals surface area contributed by atoms with Crippen LogP contribution >= 0.6 is 0 Å². The number of hydrogen-bond acceptors (Lipinski definition) is 3. The standard InChI is InChI=1S/C13H16FN3O/c1-18-13(6-3-7-13)8-17-10-5-2-4-9(14)11(10)16-12(17)15/h2,4-5H,3,6-8H2,1H3,(H2,15,16). The first kappa shape index (κ1) is 11.5. The van der Waals surface area contributed by atoms with Gasteiger partial charge in [-0.3, -0.25) is 0 Å². The van der Waals surface area contributed by atoms with Gasteiger partial charge in [-0.05, 0) is 31.4 Å². The van der Waals surface area contributed by atoms with Crippen molar-refractivity contribution in [3.8, 4) is 0 Å². The Morgan fingerprint density at radius 2 is 2.28 bits per heavy atom. The highest BCUT2D eigenvalue weighted by molar-refractivity contribution is 5.78. The lowest BCUT2D eigenvalue weighted by Gasteiger charge is -2.40. The van der Waals surface area contributed by atoms with Gasteiger partial charge in [0.05, 0.1) is 17.7 Å². The molecule has 0 spiro atoms. The largest absolute Gasteiger partial charge is 0.376 e. The number of hydrogen-bond donors (Lipinski definition) is 1. The maximum absolute atomic E-state index is 13.6. The number of para-hydroxylation sites is 1. The molecule has 1 aromatic heterocycles. The van der Waals surface area contributed by atoms with Crippen molar-refractivity contribution in [2.45, 2.75) is 31.4 Å². The summed E-state index contributed by atoms with van der Waals surface area (Å²) in [5.74, 6) is 0.0106. The molecule has 1 heterocycles. The first-order valence-corrected chi connectivity index (χ1v) is 6.11. The van der Waals surface area contributed by atoms with Crippen molar-refractivity contribution in [3.63, 3.8) is 0 Å². The van der Waals surface area contributed by atoms with E-state index in [2.05, 4.69) is 4.98 Å². The van der Waals surface area contributed by atoms with Gasteiger partial charge in [0.1, 0.15) is 5.52 Å². The van der Waals surface area contributed by atoms with E-state index in [1.807, 2.05) is 10.6 Å². The van der Waals surface area contributed by atoms with Crippen molar-refractivity contribution in [3.05, 3.63) is 24.0 Å². The molecule has 1 saturated carbocycles. The number of fused-ring (bicyclic) bond motifs is 1. The third-order valence-corrected chi connectivity index (χ3v) is 3.90. The number of ether oxygens (including phenoxy) is 1. The summed E-state index contributed by atoms with van der Waals surface area (Å²) in [5.41, 5.74) is 6.80. The quantitative estimate of drug-likeness (QED) is 0.908. The van der Waals surface area contributed by atoms with E-state index in [-0.39, 0.29) is 11.4 Å². The van der Waals surface area contributed by atoms with Crippen LogP contribution < -0.4 is 5.73 Å². The van der Waals surface area contributed by atoms with E-state index in [1.165, 1.54) is 6.07 Å². The predicted octanol–water partition coefficient (Wildman–Crippen LogP) is 2.33. The Bertz CT molecular complexity index is 584. The molecule has 1 aromatic carbocycles. The van der Waals surface area contributed by atoms with Gasteiger partial charge in [-0.1, -0.05) is 6.07 Å². The van der Waals surface area contributed by atoms with Crippen LogP contribution in [-0.4, -0.2) is 22.3 Å². The summed E-state index contributed by atoms with van der Waals surface area (Å²) in [4.78, 5) is 4.10. The molecule has 3 rings (SSSR count). The normalized spacial score (nSPS) is 17.9. The van der Waals surface area contributed by atoms with Gasteiger partial charge in [0.15, 0.2) is 5.82 Å². The van der Waals surface area contributed by atoms with Gasteiger partial charge >= 0.3 is 0 Å². The molecule has 2 aromatic rings. The number of nitrogen functional groups attached to an aromatic ring is 1. The number of methoxy groups -OCH3 is 1. The van der Waals surface area contributed by atoms with Gasteiger partial charge in [0.2, 0.25) is 5.95 Å². The summed E-state index contributed by atoms with van der Waals surface area (Å²) in [5, 5.41) is 0. The van der Waals surface area contributed by atoms with Crippen molar-refractivity contribution >= 4 is 17.0 Å². The minimum atomic E-state index is -0.335. The van der Waals surface area contributed by atoms with Crippen LogP contribution in [0.3, 0.4) is 0 Å². The molecule has 18 heavy (non-hydrogen) atoms. The van der Waals surface area contributed by atoms with Crippen LogP contribution in [0.15, 0.2) is 18.2 Å². The number of imidazole rings is 1. The SMILES string of the molecule is COC1(Cn2c(N)nc3c(F)cccc32)CCC1. The Balaban J connectivity index is 2.06. The highest BCUT2D eigenvalue weighted by Gasteiger charge is 2.38. The smallest absolute Gasteiger partial charge is 0.201 e. The Hall–Kier alpha value is -1.62. The average Bonchev–Trinajstić information content (AvgIpc) is 2.62. The molecule has 0 saturated heterocycles. The fraction of sp³-hybridized carbons (Fsp3) is 0.462. The van der Waals surface area contributed by atoms with Crippen LogP contribution in [-0.2, 0) is 11.3 Å². The second-order valence-electron chi connectivity index (χ2n) is 4.90. The van der Waals surface area contributed by atoms with Crippen LogP contribution in [0.5, 0.6) is 0 Å². The lowest BCUT2D eigenvalue weighted by Crippen LogP contribution is -2.43. The van der Waals surface area contributed by atoms with E-state index < -0.39 is 0 Å². The van der Waals surface area contributed by atoms with E-state index in [0.29, 0.717) is 18.0 Å². The van der Waals surface area contributed by atoms with E-state index in [1.54, 1.807) is 13.2 Å². The number of rotatable bonds is 3. The third-order valence-electron chi connectivity index (χ3n) is 3.90. The highest BCUT2D eigenvalue weighted by atomic mass is 19.1. The minimum absolute atomic E-state index is 0.159. The molecule has 2 N–H and O–H groups in total. The molecule has 1 fully saturated rings. The van der Waals surface area contributed by atoms with Gasteiger partial charge < -0.3 is 15.0 Å². The van der Waals surface area contributed by atoms with Crippen LogP contribution in [0.4, 0.5) is 10.3 Å². The molecule has 0 unspecified atom stereocenters. The van der Waals surface area contributed by atoms with Crippen molar-refractivity contribution < 1.29 is 9.13 Å². The zero-order valence-corrected chi connectivity index (χ0v) is 10.3. The lowest BCUT2D eigenvalue weighted by molar-refractivity contribution is -0.0824. The monoisotopic (exact) mass is 249 g/mol.